The van der Waals surface area contributed by atoms with Crippen LogP contribution in [-0.4, -0.2) is 85.1 Å². The smallest absolute Gasteiger partial charge is 0.309 e. The number of nitrogens with zero attached hydrogens (tertiary/aromatic N) is 3. The van der Waals surface area contributed by atoms with Gasteiger partial charge in [0.1, 0.15) is 11.9 Å². The largest absolute Gasteiger partial charge is 0.458 e. The molecule has 48 heavy (non-hydrogen) atoms. The SMILES string of the molecule is CO[C@H]1CC(=O)O[C@H](/C(C)=C/c2cc(SC)n(C)n2)C[C@@H]2N(CCO[Si](C)(C)C(C)(C)C)[C@]2(C)CCC[C@H](C)[C@H](C)[C@@H](C)C(=O)C1(C)C. The first-order valence-electron chi connectivity index (χ1n) is 18.0. The minimum Gasteiger partial charge on any atom is -0.458 e. The molecule has 0 amide bonds. The van der Waals surface area contributed by atoms with Gasteiger partial charge >= 0.3 is 5.97 Å². The fourth-order valence-electron chi connectivity index (χ4n) is 7.40. The molecule has 0 aliphatic carbocycles. The molecule has 1 unspecified atom stereocenters. The number of esters is 1. The van der Waals surface area contributed by atoms with Gasteiger partial charge in [-0.25, -0.2) is 0 Å². The van der Waals surface area contributed by atoms with Gasteiger partial charge in [0, 0.05) is 51.2 Å². The first-order valence-corrected chi connectivity index (χ1v) is 22.2. The van der Waals surface area contributed by atoms with E-state index in [0.717, 1.165) is 42.1 Å². The summed E-state index contributed by atoms with van der Waals surface area (Å²) < 4.78 is 20.8. The highest BCUT2D eigenvalue weighted by Crippen LogP contribution is 2.49. The van der Waals surface area contributed by atoms with Gasteiger partial charge in [-0.3, -0.25) is 19.2 Å². The summed E-state index contributed by atoms with van der Waals surface area (Å²) in [4.78, 5) is 30.3. The number of cyclic esters (lactones) is 1. The summed E-state index contributed by atoms with van der Waals surface area (Å²) in [5, 5.41) is 5.92. The van der Waals surface area contributed by atoms with Crippen molar-refractivity contribution in [1.82, 2.24) is 14.7 Å². The van der Waals surface area contributed by atoms with Crippen molar-refractivity contribution in [2.24, 2.45) is 30.2 Å². The van der Waals surface area contributed by atoms with Gasteiger partial charge in [-0.05, 0) is 74.2 Å². The van der Waals surface area contributed by atoms with Crippen molar-refractivity contribution in [1.29, 1.82) is 0 Å². The minimum absolute atomic E-state index is 0.0158. The summed E-state index contributed by atoms with van der Waals surface area (Å²) in [6.07, 6.45) is 6.97. The Morgan fingerprint density at radius 3 is 2.40 bits per heavy atom. The maximum absolute atomic E-state index is 13.9. The normalized spacial score (nSPS) is 32.9. The van der Waals surface area contributed by atoms with Gasteiger partial charge in [0.05, 0.1) is 28.7 Å². The van der Waals surface area contributed by atoms with E-state index in [0.29, 0.717) is 18.9 Å². The van der Waals surface area contributed by atoms with Crippen molar-refractivity contribution in [3.63, 3.8) is 0 Å². The van der Waals surface area contributed by atoms with Crippen molar-refractivity contribution in [2.45, 2.75) is 148 Å². The lowest BCUT2D eigenvalue weighted by atomic mass is 9.70. The van der Waals surface area contributed by atoms with Crippen molar-refractivity contribution in [3.05, 3.63) is 17.3 Å². The first kappa shape index (κ1) is 41.0. The molecule has 8 nitrogen and oxygen atoms in total. The van der Waals surface area contributed by atoms with E-state index in [-0.39, 0.29) is 46.6 Å². The first-order chi connectivity index (χ1) is 22.1. The molecule has 0 radical (unpaired) electrons. The van der Waals surface area contributed by atoms with Gasteiger partial charge in [-0.15, -0.1) is 11.8 Å². The molecule has 2 aliphatic heterocycles. The fourth-order valence-corrected chi connectivity index (χ4v) is 8.98. The minimum atomic E-state index is -1.88. The van der Waals surface area contributed by atoms with Crippen LogP contribution in [0, 0.1) is 23.2 Å². The highest BCUT2D eigenvalue weighted by molar-refractivity contribution is 7.98. The van der Waals surface area contributed by atoms with Gasteiger partial charge < -0.3 is 13.9 Å². The van der Waals surface area contributed by atoms with E-state index in [1.807, 2.05) is 51.8 Å². The molecule has 0 bridgehead atoms. The number of aromatic nitrogens is 2. The van der Waals surface area contributed by atoms with Crippen molar-refractivity contribution in [2.75, 3.05) is 26.5 Å². The third-order valence-electron chi connectivity index (χ3n) is 12.5. The van der Waals surface area contributed by atoms with E-state index in [4.69, 9.17) is 19.0 Å². The number of hydrogen-bond acceptors (Lipinski definition) is 8. The highest BCUT2D eigenvalue weighted by Gasteiger charge is 2.58. The maximum atomic E-state index is 13.9. The third-order valence-corrected chi connectivity index (χ3v) is 17.8. The molecule has 0 N–H and O–H groups in total. The number of carbonyl (C=O) groups is 2. The van der Waals surface area contributed by atoms with Gasteiger partial charge in [0.25, 0.3) is 0 Å². The summed E-state index contributed by atoms with van der Waals surface area (Å²) in [7, 11) is 1.65. The van der Waals surface area contributed by atoms with E-state index in [1.165, 1.54) is 0 Å². The average Bonchev–Trinajstić information content (AvgIpc) is 3.34. The molecule has 2 fully saturated rings. The summed E-state index contributed by atoms with van der Waals surface area (Å²) in [5.41, 5.74) is 0.954. The molecule has 10 heteroatoms. The number of rotatable bonds is 8. The number of methoxy groups -OCH3 is 1. The number of fused-ring (bicyclic) bond motifs is 1. The van der Waals surface area contributed by atoms with Crippen LogP contribution in [-0.2, 0) is 30.5 Å². The van der Waals surface area contributed by atoms with E-state index >= 15 is 0 Å². The fraction of sp³-hybridized carbons (Fsp3) is 0.816. The number of thioether (sulfide) groups is 1. The Bertz CT molecular complexity index is 1300. The standard InChI is InChI=1S/C38H67N3O5SSi/c1-25-17-16-18-38(10)31(41(38)19-20-45-48(14,15)36(5,6)7)23-30(26(2)21-29-22-33(47-13)40(11)39-29)46-34(42)24-32(44-12)37(8,9)35(43)28(4)27(25)3/h21-22,25,27-28,30-32H,16-20,23-24H2,1-15H3/b26-21+/t25-,27-,28+,30-,31-,32-,38+,41?/m0/s1. The number of aryl methyl sites for hydroxylation is 1. The predicted octanol–water partition coefficient (Wildman–Crippen LogP) is 8.40. The van der Waals surface area contributed by atoms with Crippen LogP contribution in [0.3, 0.4) is 0 Å². The second-order valence-corrected chi connectivity index (χ2v) is 22.7. The van der Waals surface area contributed by atoms with Crippen LogP contribution in [0.15, 0.2) is 16.7 Å². The molecular weight excluding hydrogens is 639 g/mol. The Labute approximate surface area is 297 Å². The summed E-state index contributed by atoms with van der Waals surface area (Å²) in [6.45, 7) is 27.8. The van der Waals surface area contributed by atoms with E-state index in [2.05, 4.69) is 65.6 Å². The maximum Gasteiger partial charge on any atom is 0.309 e. The summed E-state index contributed by atoms with van der Waals surface area (Å²) in [5.74, 6) is 0.275. The van der Waals surface area contributed by atoms with Crippen LogP contribution in [0.5, 0.6) is 0 Å². The lowest BCUT2D eigenvalue weighted by Crippen LogP contribution is -2.45. The molecule has 1 aromatic heterocycles. The Morgan fingerprint density at radius 2 is 1.83 bits per heavy atom. The molecule has 0 spiro atoms. The van der Waals surface area contributed by atoms with Crippen molar-refractivity contribution >= 4 is 37.9 Å². The molecule has 2 saturated heterocycles. The van der Waals surface area contributed by atoms with Crippen LogP contribution < -0.4 is 0 Å². The number of ketones is 1. The Balaban J connectivity index is 1.98. The lowest BCUT2D eigenvalue weighted by molar-refractivity contribution is -0.155. The van der Waals surface area contributed by atoms with Crippen LogP contribution in [0.25, 0.3) is 6.08 Å². The number of carbonyl (C=O) groups excluding carboxylic acids is 2. The average molecular weight is 706 g/mol. The predicted molar refractivity (Wildman–Crippen MR) is 201 cm³/mol. The highest BCUT2D eigenvalue weighted by atomic mass is 32.2. The zero-order valence-corrected chi connectivity index (χ0v) is 34.7. The zero-order chi connectivity index (χ0) is 36.4. The van der Waals surface area contributed by atoms with E-state index in [9.17, 15) is 9.59 Å². The molecule has 274 valence electrons. The Hall–Kier alpha value is -1.46. The third kappa shape index (κ3) is 9.25. The summed E-state index contributed by atoms with van der Waals surface area (Å²) in [6, 6.07) is 2.32. The monoisotopic (exact) mass is 705 g/mol. The molecular formula is C38H67N3O5SSi. The van der Waals surface area contributed by atoms with E-state index < -0.39 is 25.9 Å². The molecule has 0 aromatic carbocycles. The molecule has 0 saturated carbocycles. The van der Waals surface area contributed by atoms with Gasteiger partial charge in [-0.2, -0.15) is 5.10 Å². The molecule has 8 atom stereocenters. The van der Waals surface area contributed by atoms with Crippen LogP contribution in [0.1, 0.15) is 107 Å². The Morgan fingerprint density at radius 1 is 1.19 bits per heavy atom. The topological polar surface area (TPSA) is 82.7 Å². The van der Waals surface area contributed by atoms with Crippen molar-refractivity contribution in [3.8, 4) is 0 Å². The number of hydrogen-bond donors (Lipinski definition) is 0. The lowest BCUT2D eigenvalue weighted by Gasteiger charge is -2.36. The van der Waals surface area contributed by atoms with Crippen LogP contribution in [0.4, 0.5) is 0 Å². The van der Waals surface area contributed by atoms with Gasteiger partial charge in [-0.1, -0.05) is 68.2 Å². The van der Waals surface area contributed by atoms with Gasteiger partial charge in [0.15, 0.2) is 8.32 Å². The molecule has 2 aliphatic rings. The number of Topliss-reactive ketones (excluding diaryl/α,β-unsaturated/α-hetero) is 1. The van der Waals surface area contributed by atoms with E-state index in [1.54, 1.807) is 18.9 Å². The quantitative estimate of drug-likeness (QED) is 0.115. The van der Waals surface area contributed by atoms with Gasteiger partial charge in [0.2, 0.25) is 0 Å². The second-order valence-electron chi connectivity index (χ2n) is 17.0. The van der Waals surface area contributed by atoms with Crippen LogP contribution in [0.2, 0.25) is 18.1 Å². The van der Waals surface area contributed by atoms with Crippen LogP contribution >= 0.6 is 11.8 Å². The summed E-state index contributed by atoms with van der Waals surface area (Å²) >= 11 is 1.65. The number of ether oxygens (including phenoxy) is 2. The van der Waals surface area contributed by atoms with Crippen molar-refractivity contribution < 1.29 is 23.5 Å². The second kappa shape index (κ2) is 15.8. The zero-order valence-electron chi connectivity index (χ0n) is 32.9. The molecule has 1 aromatic rings. The molecule has 3 rings (SSSR count). The molecule has 3 heterocycles. The Kier molecular flexibility index (Phi) is 13.5.